The molecule has 1 aromatic heterocycles. The van der Waals surface area contributed by atoms with Crippen molar-refractivity contribution >= 4 is 35.1 Å². The fraction of sp³-hybridized carbons (Fsp3) is 0.0909. The summed E-state index contributed by atoms with van der Waals surface area (Å²) >= 11 is 0.929. The van der Waals surface area contributed by atoms with E-state index in [1.807, 2.05) is 6.07 Å². The Kier molecular flexibility index (Phi) is 7.22. The van der Waals surface area contributed by atoms with Crippen LogP contribution >= 0.6 is 11.8 Å². The Morgan fingerprint density at radius 2 is 2.06 bits per heavy atom. The second kappa shape index (κ2) is 10.3. The topological polar surface area (TPSA) is 151 Å². The number of aryl methyl sites for hydroxylation is 1. The zero-order valence-corrected chi connectivity index (χ0v) is 18.3. The van der Waals surface area contributed by atoms with E-state index in [9.17, 15) is 25.0 Å². The number of anilines is 1. The molecule has 166 valence electrons. The molecule has 0 aliphatic rings. The Hall–Kier alpha value is -4.43. The molecule has 0 aliphatic heterocycles. The minimum absolute atomic E-state index is 0.209. The summed E-state index contributed by atoms with van der Waals surface area (Å²) in [5, 5.41) is 23.9. The van der Waals surface area contributed by atoms with Crippen LogP contribution in [-0.2, 0) is 4.79 Å². The number of carbonyl (C=O) groups is 1. The molecule has 3 rings (SSSR count). The van der Waals surface area contributed by atoms with Gasteiger partial charge >= 0.3 is 0 Å². The smallest absolute Gasteiger partial charge is 0.283 e. The molecule has 10 nitrogen and oxygen atoms in total. The van der Waals surface area contributed by atoms with Crippen molar-refractivity contribution in [2.45, 2.75) is 17.0 Å². The number of amides is 1. The summed E-state index contributed by atoms with van der Waals surface area (Å²) in [5.74, 6) is -0.271. The summed E-state index contributed by atoms with van der Waals surface area (Å²) in [7, 11) is 1.45. The second-order valence-corrected chi connectivity index (χ2v) is 7.63. The van der Waals surface area contributed by atoms with Crippen LogP contribution in [0.15, 0.2) is 69.0 Å². The molecular weight excluding hydrogens is 446 g/mol. The number of benzene rings is 2. The highest BCUT2D eigenvalue weighted by Crippen LogP contribution is 2.34. The van der Waals surface area contributed by atoms with E-state index < -0.39 is 10.8 Å². The summed E-state index contributed by atoms with van der Waals surface area (Å²) in [6.45, 7) is 1.64. The molecular formula is C22H17N5O5S. The number of aromatic amines is 1. The number of hydrogen-bond acceptors (Lipinski definition) is 8. The molecule has 0 spiro atoms. The number of nitriles is 1. The maximum absolute atomic E-state index is 12.6. The third-order valence-electron chi connectivity index (χ3n) is 4.27. The predicted octanol–water partition coefficient (Wildman–Crippen LogP) is 3.69. The van der Waals surface area contributed by atoms with Gasteiger partial charge in [-0.15, -0.1) is 0 Å². The summed E-state index contributed by atoms with van der Waals surface area (Å²) in [6.07, 6.45) is 1.25. The largest absolute Gasteiger partial charge is 0.495 e. The van der Waals surface area contributed by atoms with Gasteiger partial charge in [-0.3, -0.25) is 19.7 Å². The maximum atomic E-state index is 12.6. The lowest BCUT2D eigenvalue weighted by atomic mass is 10.1. The average Bonchev–Trinajstić information content (AvgIpc) is 2.77. The van der Waals surface area contributed by atoms with Gasteiger partial charge in [-0.2, -0.15) is 5.26 Å². The number of nitro benzene ring substituents is 1. The Morgan fingerprint density at radius 1 is 1.30 bits per heavy atom. The van der Waals surface area contributed by atoms with Gasteiger partial charge in [-0.25, -0.2) is 4.98 Å². The van der Waals surface area contributed by atoms with E-state index in [0.29, 0.717) is 17.1 Å². The highest BCUT2D eigenvalue weighted by molar-refractivity contribution is 7.99. The fourth-order valence-electron chi connectivity index (χ4n) is 2.81. The molecule has 0 aliphatic carbocycles. The van der Waals surface area contributed by atoms with Gasteiger partial charge in [-0.1, -0.05) is 18.2 Å². The first-order chi connectivity index (χ1) is 15.8. The predicted molar refractivity (Wildman–Crippen MR) is 122 cm³/mol. The fourth-order valence-corrected chi connectivity index (χ4v) is 3.73. The number of ether oxygens (including phenoxy) is 1. The zero-order chi connectivity index (χ0) is 24.0. The van der Waals surface area contributed by atoms with E-state index in [0.717, 1.165) is 11.8 Å². The normalized spacial score (nSPS) is 10.9. The second-order valence-electron chi connectivity index (χ2n) is 6.60. The van der Waals surface area contributed by atoms with Crippen LogP contribution in [0.4, 0.5) is 11.4 Å². The maximum Gasteiger partial charge on any atom is 0.283 e. The zero-order valence-electron chi connectivity index (χ0n) is 17.5. The average molecular weight is 463 g/mol. The minimum Gasteiger partial charge on any atom is -0.495 e. The summed E-state index contributed by atoms with van der Waals surface area (Å²) in [5.41, 5.74) is 0.253. The van der Waals surface area contributed by atoms with Crippen LogP contribution in [-0.4, -0.2) is 27.9 Å². The lowest BCUT2D eigenvalue weighted by molar-refractivity contribution is -0.387. The number of carbonyl (C=O) groups excluding carboxylic acids is 1. The van der Waals surface area contributed by atoms with Crippen LogP contribution in [0.3, 0.4) is 0 Å². The van der Waals surface area contributed by atoms with Crippen molar-refractivity contribution in [2.24, 2.45) is 0 Å². The Morgan fingerprint density at radius 3 is 2.73 bits per heavy atom. The molecule has 0 fully saturated rings. The van der Waals surface area contributed by atoms with E-state index in [4.69, 9.17) is 4.74 Å². The number of para-hydroxylation sites is 2. The van der Waals surface area contributed by atoms with E-state index >= 15 is 0 Å². The van der Waals surface area contributed by atoms with Crippen LogP contribution in [0.1, 0.15) is 11.3 Å². The quantitative estimate of drug-likeness (QED) is 0.177. The Bertz CT molecular complexity index is 1360. The van der Waals surface area contributed by atoms with Gasteiger partial charge in [0.25, 0.3) is 17.2 Å². The SMILES string of the molecule is COc1ccccc1NC(=O)/C(C#N)=C/c1ccc(Sc2nc(C)cc(=O)[nH]2)c([N+](=O)[O-])c1. The van der Waals surface area contributed by atoms with Crippen LogP contribution in [0.25, 0.3) is 6.08 Å². The highest BCUT2D eigenvalue weighted by atomic mass is 32.2. The van der Waals surface area contributed by atoms with Crippen molar-refractivity contribution < 1.29 is 14.5 Å². The van der Waals surface area contributed by atoms with Crippen LogP contribution in [0.5, 0.6) is 5.75 Å². The molecule has 0 bridgehead atoms. The van der Waals surface area contributed by atoms with Crippen LogP contribution in [0, 0.1) is 28.4 Å². The van der Waals surface area contributed by atoms with Crippen molar-refractivity contribution in [2.75, 3.05) is 12.4 Å². The number of methoxy groups -OCH3 is 1. The summed E-state index contributed by atoms with van der Waals surface area (Å²) in [4.78, 5) is 42.2. The third kappa shape index (κ3) is 5.84. The number of H-pyrrole nitrogens is 1. The highest BCUT2D eigenvalue weighted by Gasteiger charge is 2.18. The van der Waals surface area contributed by atoms with E-state index in [2.05, 4.69) is 15.3 Å². The first-order valence-electron chi connectivity index (χ1n) is 9.41. The molecule has 1 amide bonds. The Labute approximate surface area is 192 Å². The molecule has 0 radical (unpaired) electrons. The van der Waals surface area contributed by atoms with Gasteiger partial charge in [-0.05, 0) is 48.5 Å². The van der Waals surface area contributed by atoms with E-state index in [-0.39, 0.29) is 32.4 Å². The number of hydrogen-bond donors (Lipinski definition) is 2. The first kappa shape index (κ1) is 23.2. The molecule has 1 heterocycles. The van der Waals surface area contributed by atoms with Crippen LogP contribution < -0.4 is 15.6 Å². The van der Waals surface area contributed by atoms with Crippen molar-refractivity contribution in [3.63, 3.8) is 0 Å². The molecule has 2 N–H and O–H groups in total. The lowest BCUT2D eigenvalue weighted by Gasteiger charge is -2.09. The number of nitrogens with zero attached hydrogens (tertiary/aromatic N) is 3. The van der Waals surface area contributed by atoms with E-state index in [1.54, 1.807) is 31.2 Å². The van der Waals surface area contributed by atoms with Gasteiger partial charge in [0.05, 0.1) is 22.6 Å². The summed E-state index contributed by atoms with van der Waals surface area (Å²) in [6, 6.07) is 14.0. The summed E-state index contributed by atoms with van der Waals surface area (Å²) < 4.78 is 5.18. The van der Waals surface area contributed by atoms with Gasteiger partial charge in [0.15, 0.2) is 5.16 Å². The van der Waals surface area contributed by atoms with Crippen molar-refractivity contribution in [3.05, 3.63) is 85.8 Å². The third-order valence-corrected chi connectivity index (χ3v) is 5.22. The molecule has 3 aromatic rings. The monoisotopic (exact) mass is 463 g/mol. The minimum atomic E-state index is -0.690. The van der Waals surface area contributed by atoms with Crippen molar-refractivity contribution in [3.8, 4) is 11.8 Å². The standard InChI is InChI=1S/C22H17N5O5S/c1-13-9-20(28)26-22(24-13)33-19-8-7-14(11-17(19)27(30)31)10-15(12-23)21(29)25-16-5-3-4-6-18(16)32-2/h3-11H,1-2H3,(H,25,29)(H,24,26,28)/b15-10+. The van der Waals surface area contributed by atoms with Gasteiger partial charge < -0.3 is 15.0 Å². The lowest BCUT2D eigenvalue weighted by Crippen LogP contribution is -2.14. The number of nitrogens with one attached hydrogen (secondary N) is 2. The molecule has 11 heteroatoms. The molecule has 0 unspecified atom stereocenters. The van der Waals surface area contributed by atoms with Crippen molar-refractivity contribution in [1.82, 2.24) is 9.97 Å². The van der Waals surface area contributed by atoms with E-state index in [1.165, 1.54) is 37.5 Å². The molecule has 0 saturated carbocycles. The van der Waals surface area contributed by atoms with Crippen LogP contribution in [0.2, 0.25) is 0 Å². The molecule has 0 atom stereocenters. The van der Waals surface area contributed by atoms with Crippen molar-refractivity contribution in [1.29, 1.82) is 5.26 Å². The number of aromatic nitrogens is 2. The number of rotatable bonds is 7. The Balaban J connectivity index is 1.90. The van der Waals surface area contributed by atoms with Gasteiger partial charge in [0.2, 0.25) is 0 Å². The van der Waals surface area contributed by atoms with Gasteiger partial charge in [0.1, 0.15) is 17.4 Å². The molecule has 0 saturated heterocycles. The molecule has 33 heavy (non-hydrogen) atoms. The molecule has 2 aromatic carbocycles. The first-order valence-corrected chi connectivity index (χ1v) is 10.2. The number of nitro groups is 1. The van der Waals surface area contributed by atoms with Gasteiger partial charge in [0, 0.05) is 17.8 Å².